The molecule has 0 aromatic heterocycles. The van der Waals surface area contributed by atoms with Gasteiger partial charge in [-0.15, -0.1) is 0 Å². The predicted octanol–water partition coefficient (Wildman–Crippen LogP) is 2.03. The summed E-state index contributed by atoms with van der Waals surface area (Å²) in [4.78, 5) is 22.9. The van der Waals surface area contributed by atoms with Gasteiger partial charge in [-0.25, -0.2) is 4.79 Å². The van der Waals surface area contributed by atoms with Crippen LogP contribution in [0.2, 0.25) is 0 Å². The summed E-state index contributed by atoms with van der Waals surface area (Å²) in [6.07, 6.45) is 3.13. The zero-order chi connectivity index (χ0) is 16.7. The van der Waals surface area contributed by atoms with Crippen LogP contribution in [0.1, 0.15) is 25.8 Å². The highest BCUT2D eigenvalue weighted by Gasteiger charge is 2.19. The van der Waals surface area contributed by atoms with E-state index in [1.165, 1.54) is 25.3 Å². The van der Waals surface area contributed by atoms with Crippen molar-refractivity contribution in [3.05, 3.63) is 29.8 Å². The average molecular weight is 307 g/mol. The van der Waals surface area contributed by atoms with Gasteiger partial charge in [-0.2, -0.15) is 0 Å². The van der Waals surface area contributed by atoms with Crippen molar-refractivity contribution >= 4 is 18.0 Å². The number of carbonyl (C=O) groups excluding carboxylic acids is 1. The summed E-state index contributed by atoms with van der Waals surface area (Å²) in [5.74, 6) is -1.08. The van der Waals surface area contributed by atoms with E-state index in [-0.39, 0.29) is 11.7 Å². The number of benzene rings is 1. The van der Waals surface area contributed by atoms with Gasteiger partial charge >= 0.3 is 5.97 Å². The maximum Gasteiger partial charge on any atom is 0.326 e. The number of phenolic OH excluding ortho intramolecular Hbond substituents is 1. The van der Waals surface area contributed by atoms with Gasteiger partial charge in [-0.3, -0.25) is 4.79 Å². The molecule has 0 saturated heterocycles. The Morgan fingerprint density at radius 2 is 2.05 bits per heavy atom. The summed E-state index contributed by atoms with van der Waals surface area (Å²) in [6.45, 7) is 3.78. The zero-order valence-corrected chi connectivity index (χ0v) is 12.9. The zero-order valence-electron chi connectivity index (χ0n) is 12.9. The van der Waals surface area contributed by atoms with Gasteiger partial charge in [-0.1, -0.05) is 19.9 Å². The molecule has 1 rings (SSSR count). The first-order chi connectivity index (χ1) is 10.3. The molecule has 0 radical (unpaired) electrons. The molecule has 0 aliphatic heterocycles. The van der Waals surface area contributed by atoms with Crippen LogP contribution in [0.25, 0.3) is 6.08 Å². The van der Waals surface area contributed by atoms with Gasteiger partial charge in [-0.05, 0) is 36.1 Å². The minimum Gasteiger partial charge on any atom is -0.504 e. The highest BCUT2D eigenvalue weighted by molar-refractivity contribution is 5.94. The van der Waals surface area contributed by atoms with Crippen LogP contribution in [-0.4, -0.2) is 35.2 Å². The van der Waals surface area contributed by atoms with Crippen LogP contribution in [0, 0.1) is 5.92 Å². The molecule has 0 saturated carbocycles. The van der Waals surface area contributed by atoms with E-state index >= 15 is 0 Å². The molecule has 1 amide bonds. The monoisotopic (exact) mass is 307 g/mol. The molecule has 1 atom stereocenters. The van der Waals surface area contributed by atoms with Crippen molar-refractivity contribution in [2.45, 2.75) is 26.3 Å². The first-order valence-corrected chi connectivity index (χ1v) is 6.92. The Hall–Kier alpha value is -2.50. The number of carbonyl (C=O) groups is 2. The first-order valence-electron chi connectivity index (χ1n) is 6.92. The number of carboxylic acids is 1. The number of methoxy groups -OCH3 is 1. The summed E-state index contributed by atoms with van der Waals surface area (Å²) in [5.41, 5.74) is 0.653. The lowest BCUT2D eigenvalue weighted by Crippen LogP contribution is -2.40. The number of carboxylic acid groups (broad SMARTS) is 1. The third-order valence-corrected chi connectivity index (χ3v) is 2.95. The van der Waals surface area contributed by atoms with E-state index in [2.05, 4.69) is 5.32 Å². The van der Waals surface area contributed by atoms with Crippen LogP contribution in [0.3, 0.4) is 0 Å². The van der Waals surface area contributed by atoms with Gasteiger partial charge in [0, 0.05) is 6.08 Å². The van der Waals surface area contributed by atoms with E-state index in [0.717, 1.165) is 0 Å². The summed E-state index contributed by atoms with van der Waals surface area (Å²) < 4.78 is 4.97. The first kappa shape index (κ1) is 17.6. The molecule has 1 unspecified atom stereocenters. The third kappa shape index (κ3) is 5.47. The van der Waals surface area contributed by atoms with Crippen LogP contribution in [0.4, 0.5) is 0 Å². The topological polar surface area (TPSA) is 95.9 Å². The Morgan fingerprint density at radius 1 is 1.36 bits per heavy atom. The fourth-order valence-corrected chi connectivity index (χ4v) is 1.88. The third-order valence-electron chi connectivity index (χ3n) is 2.95. The second kappa shape index (κ2) is 8.07. The Balaban J connectivity index is 2.72. The maximum atomic E-state index is 11.8. The summed E-state index contributed by atoms with van der Waals surface area (Å²) >= 11 is 0. The Bertz CT molecular complexity index is 566. The smallest absolute Gasteiger partial charge is 0.326 e. The lowest BCUT2D eigenvalue weighted by Gasteiger charge is -2.15. The van der Waals surface area contributed by atoms with Crippen LogP contribution < -0.4 is 10.1 Å². The molecule has 0 aliphatic carbocycles. The molecule has 22 heavy (non-hydrogen) atoms. The number of ether oxygens (including phenoxy) is 1. The van der Waals surface area contributed by atoms with E-state index in [4.69, 9.17) is 9.84 Å². The molecule has 0 fully saturated rings. The predicted molar refractivity (Wildman–Crippen MR) is 82.7 cm³/mol. The van der Waals surface area contributed by atoms with Gasteiger partial charge in [0.15, 0.2) is 11.5 Å². The molecule has 0 heterocycles. The SMILES string of the molecule is COc1cc(C=CC(=O)NC(CC(C)C)C(=O)O)ccc1O. The van der Waals surface area contributed by atoms with E-state index in [1.54, 1.807) is 12.1 Å². The Morgan fingerprint density at radius 3 is 2.59 bits per heavy atom. The van der Waals surface area contributed by atoms with Crippen molar-refractivity contribution in [2.75, 3.05) is 7.11 Å². The van der Waals surface area contributed by atoms with Gasteiger partial charge in [0.2, 0.25) is 5.91 Å². The van der Waals surface area contributed by atoms with Gasteiger partial charge in [0.1, 0.15) is 6.04 Å². The number of nitrogens with one attached hydrogen (secondary N) is 1. The molecule has 0 spiro atoms. The molecule has 120 valence electrons. The van der Waals surface area contributed by atoms with E-state index < -0.39 is 17.9 Å². The minimum atomic E-state index is -1.05. The average Bonchev–Trinajstić information content (AvgIpc) is 2.45. The molecule has 6 nitrogen and oxygen atoms in total. The van der Waals surface area contributed by atoms with Crippen LogP contribution in [-0.2, 0) is 9.59 Å². The molecule has 0 bridgehead atoms. The number of rotatable bonds is 7. The molecule has 0 aliphatic rings. The quantitative estimate of drug-likeness (QED) is 0.670. The molecular formula is C16H21NO5. The fraction of sp³-hybridized carbons (Fsp3) is 0.375. The van der Waals surface area contributed by atoms with E-state index in [1.807, 2.05) is 13.8 Å². The number of hydrogen-bond acceptors (Lipinski definition) is 4. The Kier molecular flexibility index (Phi) is 6.44. The minimum absolute atomic E-state index is 0.00646. The highest BCUT2D eigenvalue weighted by atomic mass is 16.5. The van der Waals surface area contributed by atoms with Crippen LogP contribution in [0.15, 0.2) is 24.3 Å². The van der Waals surface area contributed by atoms with Gasteiger partial charge < -0.3 is 20.3 Å². The summed E-state index contributed by atoms with van der Waals surface area (Å²) in [6, 6.07) is 3.73. The normalized spacial score (nSPS) is 12.4. The van der Waals surface area contributed by atoms with Gasteiger partial charge in [0.25, 0.3) is 0 Å². The summed E-state index contributed by atoms with van der Waals surface area (Å²) in [5, 5.41) is 21.0. The second-order valence-corrected chi connectivity index (χ2v) is 5.29. The number of aliphatic carboxylic acids is 1. The largest absolute Gasteiger partial charge is 0.504 e. The molecular weight excluding hydrogens is 286 g/mol. The standard InChI is InChI=1S/C16H21NO5/c1-10(2)8-12(16(20)21)17-15(19)7-5-11-4-6-13(18)14(9-11)22-3/h4-7,9-10,12,18H,8H2,1-3H3,(H,17,19)(H,20,21). The molecule has 1 aromatic rings. The maximum absolute atomic E-state index is 11.8. The number of amides is 1. The van der Waals surface area contributed by atoms with Crippen LogP contribution in [0.5, 0.6) is 11.5 Å². The molecule has 1 aromatic carbocycles. The Labute approximate surface area is 129 Å². The van der Waals surface area contributed by atoms with Crippen molar-refractivity contribution in [3.8, 4) is 11.5 Å². The van der Waals surface area contributed by atoms with Crippen LogP contribution >= 0.6 is 0 Å². The van der Waals surface area contributed by atoms with Crippen molar-refractivity contribution < 1.29 is 24.5 Å². The van der Waals surface area contributed by atoms with Crippen molar-refractivity contribution in [1.82, 2.24) is 5.32 Å². The fourth-order valence-electron chi connectivity index (χ4n) is 1.88. The van der Waals surface area contributed by atoms with E-state index in [0.29, 0.717) is 17.7 Å². The van der Waals surface area contributed by atoms with Gasteiger partial charge in [0.05, 0.1) is 7.11 Å². The number of aromatic hydroxyl groups is 1. The van der Waals surface area contributed by atoms with Crippen molar-refractivity contribution in [3.63, 3.8) is 0 Å². The lowest BCUT2D eigenvalue weighted by molar-refractivity contribution is -0.141. The molecule has 3 N–H and O–H groups in total. The van der Waals surface area contributed by atoms with E-state index in [9.17, 15) is 14.7 Å². The van der Waals surface area contributed by atoms with Crippen molar-refractivity contribution in [1.29, 1.82) is 0 Å². The number of phenols is 1. The second-order valence-electron chi connectivity index (χ2n) is 5.29. The number of hydrogen-bond donors (Lipinski definition) is 3. The highest BCUT2D eigenvalue weighted by Crippen LogP contribution is 2.26. The molecule has 6 heteroatoms. The summed E-state index contributed by atoms with van der Waals surface area (Å²) in [7, 11) is 1.43. The lowest BCUT2D eigenvalue weighted by atomic mass is 10.0. The van der Waals surface area contributed by atoms with Crippen molar-refractivity contribution in [2.24, 2.45) is 5.92 Å².